The number of nitrogens with zero attached hydrogens (tertiary/aromatic N) is 3. The minimum Gasteiger partial charge on any atom is -0.320 e. The second kappa shape index (κ2) is 7.81. The summed E-state index contributed by atoms with van der Waals surface area (Å²) < 4.78 is 1.43. The first-order valence-electron chi connectivity index (χ1n) is 10.4. The van der Waals surface area contributed by atoms with Crippen molar-refractivity contribution in [1.82, 2.24) is 19.5 Å². The number of nitrogens with one attached hydrogen (secondary N) is 2. The van der Waals surface area contributed by atoms with E-state index in [0.29, 0.717) is 35.4 Å². The maximum Gasteiger partial charge on any atom is 0.322 e. The number of urea groups is 1. The molecule has 0 atom stereocenters. The van der Waals surface area contributed by atoms with Crippen molar-refractivity contribution in [3.05, 3.63) is 87.8 Å². The van der Waals surface area contributed by atoms with Crippen LogP contribution in [0.2, 0.25) is 0 Å². The predicted octanol–water partition coefficient (Wildman–Crippen LogP) is 3.48. The van der Waals surface area contributed by atoms with Crippen molar-refractivity contribution in [2.75, 3.05) is 11.9 Å². The molecule has 1 aliphatic rings. The van der Waals surface area contributed by atoms with Gasteiger partial charge in [0, 0.05) is 30.3 Å². The summed E-state index contributed by atoms with van der Waals surface area (Å²) in [6.45, 7) is 2.10. The van der Waals surface area contributed by atoms with Crippen LogP contribution in [0.3, 0.4) is 0 Å². The van der Waals surface area contributed by atoms with E-state index in [4.69, 9.17) is 0 Å². The van der Waals surface area contributed by atoms with Gasteiger partial charge in [-0.15, -0.1) is 0 Å². The third-order valence-electron chi connectivity index (χ3n) is 5.65. The fourth-order valence-corrected chi connectivity index (χ4v) is 3.94. The van der Waals surface area contributed by atoms with Gasteiger partial charge in [0.2, 0.25) is 0 Å². The van der Waals surface area contributed by atoms with Gasteiger partial charge in [0.05, 0.1) is 23.5 Å². The van der Waals surface area contributed by atoms with E-state index in [2.05, 4.69) is 15.4 Å². The summed E-state index contributed by atoms with van der Waals surface area (Å²) in [5, 5.41) is 5.94. The Morgan fingerprint density at radius 3 is 2.66 bits per heavy atom. The van der Waals surface area contributed by atoms with Gasteiger partial charge in [-0.2, -0.15) is 0 Å². The zero-order valence-electron chi connectivity index (χ0n) is 17.5. The number of amides is 2. The van der Waals surface area contributed by atoms with Gasteiger partial charge in [0.15, 0.2) is 11.4 Å². The number of H-pyrrole nitrogens is 1. The number of Topliss-reactive ketones (excluding diaryl/α,β-unsaturated/α-hetero) is 1. The summed E-state index contributed by atoms with van der Waals surface area (Å²) in [6.07, 6.45) is 0.494. The molecule has 32 heavy (non-hydrogen) atoms. The van der Waals surface area contributed by atoms with Gasteiger partial charge in [0.25, 0.3) is 5.56 Å². The normalized spacial score (nSPS) is 13.1. The van der Waals surface area contributed by atoms with Crippen LogP contribution in [-0.2, 0) is 13.0 Å². The molecule has 0 bridgehead atoms. The monoisotopic (exact) mass is 427 g/mol. The highest BCUT2D eigenvalue weighted by Crippen LogP contribution is 2.21. The van der Waals surface area contributed by atoms with E-state index in [-0.39, 0.29) is 23.9 Å². The van der Waals surface area contributed by atoms with Crippen LogP contribution >= 0.6 is 0 Å². The molecule has 2 amide bonds. The first-order chi connectivity index (χ1) is 15.5. The fraction of sp³-hybridized carbons (Fsp3) is 0.167. The van der Waals surface area contributed by atoms with Crippen LogP contribution in [0.15, 0.2) is 65.5 Å². The van der Waals surface area contributed by atoms with Crippen LogP contribution in [0.1, 0.15) is 28.5 Å². The van der Waals surface area contributed by atoms with Crippen molar-refractivity contribution >= 4 is 23.1 Å². The van der Waals surface area contributed by atoms with Crippen LogP contribution in [-0.4, -0.2) is 37.9 Å². The number of fused-ring (bicyclic) bond motifs is 2. The van der Waals surface area contributed by atoms with Crippen LogP contribution in [0.4, 0.5) is 10.5 Å². The van der Waals surface area contributed by atoms with Crippen molar-refractivity contribution in [2.45, 2.75) is 19.9 Å². The highest BCUT2D eigenvalue weighted by molar-refractivity contribution is 5.96. The van der Waals surface area contributed by atoms with Gasteiger partial charge in [-0.1, -0.05) is 42.5 Å². The lowest BCUT2D eigenvalue weighted by Gasteiger charge is -2.27. The molecule has 4 aromatic rings. The topological polar surface area (TPSA) is 99.6 Å². The second-order valence-corrected chi connectivity index (χ2v) is 7.81. The summed E-state index contributed by atoms with van der Waals surface area (Å²) in [7, 11) is 0. The second-order valence-electron chi connectivity index (χ2n) is 7.81. The van der Waals surface area contributed by atoms with Crippen LogP contribution in [0.5, 0.6) is 0 Å². The van der Waals surface area contributed by atoms with Gasteiger partial charge in [-0.25, -0.2) is 14.3 Å². The third-order valence-corrected chi connectivity index (χ3v) is 5.65. The standard InChI is InChI=1S/C24H21N5O3/c1-15(30)17-8-5-9-18(12-17)25-24(32)28-11-10-20-19(14-28)23(31)29-22(26-20)13-21(27-29)16-6-3-2-4-7-16/h2-9,12-13,27H,10-11,14H2,1H3,(H,25,32). The lowest BCUT2D eigenvalue weighted by molar-refractivity contribution is 0.101. The molecule has 8 nitrogen and oxygen atoms in total. The highest BCUT2D eigenvalue weighted by Gasteiger charge is 2.26. The lowest BCUT2D eigenvalue weighted by atomic mass is 10.1. The van der Waals surface area contributed by atoms with E-state index < -0.39 is 0 Å². The number of carbonyl (C=O) groups excluding carboxylic acids is 2. The molecule has 0 spiro atoms. The van der Waals surface area contributed by atoms with E-state index in [0.717, 1.165) is 17.0 Å². The number of hydrogen-bond acceptors (Lipinski definition) is 4. The Hall–Kier alpha value is -4.20. The zero-order chi connectivity index (χ0) is 22.2. The number of anilines is 1. The van der Waals surface area contributed by atoms with Crippen LogP contribution in [0.25, 0.3) is 16.9 Å². The van der Waals surface area contributed by atoms with E-state index in [9.17, 15) is 14.4 Å². The molecule has 0 saturated carbocycles. The molecular formula is C24H21N5O3. The molecular weight excluding hydrogens is 406 g/mol. The maximum atomic E-state index is 13.2. The van der Waals surface area contributed by atoms with Crippen LogP contribution in [0, 0.1) is 0 Å². The minimum absolute atomic E-state index is 0.0723. The molecule has 0 saturated heterocycles. The maximum absolute atomic E-state index is 13.2. The quantitative estimate of drug-likeness (QED) is 0.489. The van der Waals surface area contributed by atoms with Crippen molar-refractivity contribution in [3.8, 4) is 11.3 Å². The Balaban J connectivity index is 1.41. The van der Waals surface area contributed by atoms with Gasteiger partial charge >= 0.3 is 6.03 Å². The summed E-state index contributed by atoms with van der Waals surface area (Å²) in [6, 6.07) is 18.1. The van der Waals surface area contributed by atoms with Crippen LogP contribution < -0.4 is 10.9 Å². The SMILES string of the molecule is CC(=O)c1cccc(NC(=O)N2CCc3nc4cc(-c5ccccc5)[nH]n4c(=O)c3C2)c1. The van der Waals surface area contributed by atoms with Gasteiger partial charge in [-0.3, -0.25) is 14.7 Å². The number of hydrogen-bond donors (Lipinski definition) is 2. The molecule has 2 aromatic carbocycles. The van der Waals surface area contributed by atoms with Crippen molar-refractivity contribution < 1.29 is 9.59 Å². The molecule has 5 rings (SSSR count). The molecule has 2 aromatic heterocycles. The molecule has 0 radical (unpaired) electrons. The molecule has 1 aliphatic heterocycles. The average molecular weight is 427 g/mol. The van der Waals surface area contributed by atoms with Gasteiger partial charge in [-0.05, 0) is 24.6 Å². The van der Waals surface area contributed by atoms with Gasteiger partial charge < -0.3 is 10.2 Å². The minimum atomic E-state index is -0.322. The van der Waals surface area contributed by atoms with Crippen molar-refractivity contribution in [1.29, 1.82) is 0 Å². The number of aromatic amines is 1. The van der Waals surface area contributed by atoms with Crippen molar-refractivity contribution in [2.24, 2.45) is 0 Å². The molecule has 2 N–H and O–H groups in total. The Morgan fingerprint density at radius 2 is 1.88 bits per heavy atom. The Morgan fingerprint density at radius 1 is 1.06 bits per heavy atom. The Labute approximate surface area is 183 Å². The number of benzene rings is 2. The first kappa shape index (κ1) is 19.7. The lowest BCUT2D eigenvalue weighted by Crippen LogP contribution is -2.42. The predicted molar refractivity (Wildman–Crippen MR) is 121 cm³/mol. The van der Waals surface area contributed by atoms with Crippen molar-refractivity contribution in [3.63, 3.8) is 0 Å². The van der Waals surface area contributed by atoms with E-state index in [1.807, 2.05) is 36.4 Å². The molecule has 8 heteroatoms. The van der Waals surface area contributed by atoms with E-state index in [1.54, 1.807) is 29.2 Å². The highest BCUT2D eigenvalue weighted by atomic mass is 16.2. The molecule has 0 fully saturated rings. The first-order valence-corrected chi connectivity index (χ1v) is 10.4. The largest absolute Gasteiger partial charge is 0.322 e. The van der Waals surface area contributed by atoms with E-state index >= 15 is 0 Å². The summed E-state index contributed by atoms with van der Waals surface area (Å²) in [5.41, 5.74) is 4.41. The average Bonchev–Trinajstić information content (AvgIpc) is 3.24. The number of rotatable bonds is 3. The fourth-order valence-electron chi connectivity index (χ4n) is 3.94. The number of carbonyl (C=O) groups is 2. The molecule has 160 valence electrons. The number of ketones is 1. The third kappa shape index (κ3) is 3.56. The van der Waals surface area contributed by atoms with Gasteiger partial charge in [0.1, 0.15) is 0 Å². The molecule has 0 unspecified atom stereocenters. The smallest absolute Gasteiger partial charge is 0.320 e. The van der Waals surface area contributed by atoms with E-state index in [1.165, 1.54) is 11.4 Å². The Kier molecular flexibility index (Phi) is 4.82. The Bertz CT molecular complexity index is 1400. The summed E-state index contributed by atoms with van der Waals surface area (Å²) >= 11 is 0. The molecule has 0 aliphatic carbocycles. The zero-order valence-corrected chi connectivity index (χ0v) is 17.5. The number of aromatic nitrogens is 3. The summed E-state index contributed by atoms with van der Waals surface area (Å²) in [5.74, 6) is -0.0723. The molecule has 3 heterocycles. The summed E-state index contributed by atoms with van der Waals surface area (Å²) in [4.78, 5) is 43.8.